The van der Waals surface area contributed by atoms with Crippen molar-refractivity contribution in [2.24, 2.45) is 0 Å². The largest absolute Gasteiger partial charge is 0.449 e. The molecule has 124 valence electrons. The van der Waals surface area contributed by atoms with Gasteiger partial charge in [0, 0.05) is 29.5 Å². The molecule has 2 aliphatic rings. The van der Waals surface area contributed by atoms with Crippen LogP contribution >= 0.6 is 0 Å². The molecule has 3 rings (SSSR count). The molecule has 23 heavy (non-hydrogen) atoms. The monoisotopic (exact) mass is 316 g/mol. The van der Waals surface area contributed by atoms with Gasteiger partial charge in [0.15, 0.2) is 6.10 Å². The Balaban J connectivity index is 1.57. The molecule has 0 unspecified atom stereocenters. The molecular weight excluding hydrogens is 292 g/mol. The van der Waals surface area contributed by atoms with Crippen molar-refractivity contribution in [1.82, 2.24) is 9.88 Å². The van der Waals surface area contributed by atoms with Gasteiger partial charge in [-0.15, -0.1) is 0 Å². The van der Waals surface area contributed by atoms with Crippen LogP contribution in [0.3, 0.4) is 0 Å². The Morgan fingerprint density at radius 3 is 2.61 bits per heavy atom. The summed E-state index contributed by atoms with van der Waals surface area (Å²) in [5.41, 5.74) is 3.42. The van der Waals surface area contributed by atoms with Crippen molar-refractivity contribution in [2.75, 3.05) is 0 Å². The molecule has 2 saturated carbocycles. The van der Waals surface area contributed by atoms with E-state index in [1.54, 1.807) is 13.0 Å². The fourth-order valence-electron chi connectivity index (χ4n) is 2.84. The fraction of sp³-hybridized carbons (Fsp3) is 0.556. The normalized spacial score (nSPS) is 18.9. The number of hydrogen-bond acceptors (Lipinski definition) is 3. The van der Waals surface area contributed by atoms with Crippen LogP contribution in [0.1, 0.15) is 55.6 Å². The minimum atomic E-state index is -0.758. The first-order valence-electron chi connectivity index (χ1n) is 8.33. The Hall–Kier alpha value is -2.04. The highest BCUT2D eigenvalue weighted by Gasteiger charge is 2.27. The predicted octanol–water partition coefficient (Wildman–Crippen LogP) is 2.66. The molecule has 0 radical (unpaired) electrons. The van der Waals surface area contributed by atoms with E-state index in [9.17, 15) is 9.59 Å². The number of nitrogens with zero attached hydrogens (tertiary/aromatic N) is 1. The summed E-state index contributed by atoms with van der Waals surface area (Å²) in [4.78, 5) is 23.7. The molecule has 1 aromatic heterocycles. The zero-order chi connectivity index (χ0) is 16.6. The highest BCUT2D eigenvalue weighted by atomic mass is 16.5. The average molecular weight is 316 g/mol. The van der Waals surface area contributed by atoms with E-state index in [1.807, 2.05) is 0 Å². The number of aromatic nitrogens is 1. The molecule has 1 amide bonds. The molecule has 0 spiro atoms. The average Bonchev–Trinajstić information content (AvgIpc) is 3.39. The van der Waals surface area contributed by atoms with Crippen LogP contribution in [-0.4, -0.2) is 28.6 Å². The molecule has 0 saturated heterocycles. The maximum Gasteiger partial charge on any atom is 0.331 e. The summed E-state index contributed by atoms with van der Waals surface area (Å²) in [6, 6.07) is 2.97. The van der Waals surface area contributed by atoms with Crippen molar-refractivity contribution in [3.05, 3.63) is 29.1 Å². The second-order valence-electron chi connectivity index (χ2n) is 6.62. The summed E-state index contributed by atoms with van der Waals surface area (Å²) in [5.74, 6) is -0.708. The minimum Gasteiger partial charge on any atom is -0.449 e. The number of rotatable bonds is 6. The van der Waals surface area contributed by atoms with E-state index < -0.39 is 12.1 Å². The molecule has 0 aliphatic heterocycles. The number of hydrogen-bond donors (Lipinski definition) is 1. The molecule has 2 aliphatic carbocycles. The van der Waals surface area contributed by atoms with Gasteiger partial charge in [-0.3, -0.25) is 4.79 Å². The second-order valence-corrected chi connectivity index (χ2v) is 6.62. The van der Waals surface area contributed by atoms with Crippen LogP contribution in [0.25, 0.3) is 6.08 Å². The van der Waals surface area contributed by atoms with Gasteiger partial charge in [-0.1, -0.05) is 0 Å². The van der Waals surface area contributed by atoms with E-state index in [-0.39, 0.29) is 11.9 Å². The fourth-order valence-corrected chi connectivity index (χ4v) is 2.84. The van der Waals surface area contributed by atoms with Gasteiger partial charge < -0.3 is 14.6 Å². The van der Waals surface area contributed by atoms with Crippen LogP contribution in [-0.2, 0) is 14.3 Å². The summed E-state index contributed by atoms with van der Waals surface area (Å²) < 4.78 is 7.48. The SMILES string of the molecule is Cc1cc(/C=C/C(=O)O[C@H](C)C(=O)NC2CC2)c(C)n1C1CC1. The van der Waals surface area contributed by atoms with Crippen molar-refractivity contribution in [2.45, 2.75) is 64.6 Å². The maximum absolute atomic E-state index is 11.9. The topological polar surface area (TPSA) is 60.3 Å². The third-order valence-electron chi connectivity index (χ3n) is 4.42. The summed E-state index contributed by atoms with van der Waals surface area (Å²) >= 11 is 0. The van der Waals surface area contributed by atoms with Crippen molar-refractivity contribution in [3.63, 3.8) is 0 Å². The first-order valence-corrected chi connectivity index (χ1v) is 8.33. The van der Waals surface area contributed by atoms with E-state index in [2.05, 4.69) is 29.8 Å². The quantitative estimate of drug-likeness (QED) is 0.648. The second kappa shape index (κ2) is 6.22. The summed E-state index contributed by atoms with van der Waals surface area (Å²) in [6.45, 7) is 5.76. The number of aryl methyl sites for hydroxylation is 1. The number of nitrogens with one attached hydrogen (secondary N) is 1. The van der Waals surface area contributed by atoms with Crippen LogP contribution in [0.15, 0.2) is 12.1 Å². The molecule has 1 N–H and O–H groups in total. The molecule has 2 fully saturated rings. The van der Waals surface area contributed by atoms with E-state index in [0.29, 0.717) is 6.04 Å². The molecule has 1 heterocycles. The molecule has 5 nitrogen and oxygen atoms in total. The van der Waals surface area contributed by atoms with Gasteiger partial charge >= 0.3 is 5.97 Å². The number of ether oxygens (including phenoxy) is 1. The smallest absolute Gasteiger partial charge is 0.331 e. The lowest BCUT2D eigenvalue weighted by Gasteiger charge is -2.11. The van der Waals surface area contributed by atoms with Gasteiger partial charge in [0.2, 0.25) is 0 Å². The first kappa shape index (κ1) is 15.8. The number of amides is 1. The highest BCUT2D eigenvalue weighted by molar-refractivity contribution is 5.90. The van der Waals surface area contributed by atoms with E-state index in [0.717, 1.165) is 18.4 Å². The van der Waals surface area contributed by atoms with Gasteiger partial charge in [0.05, 0.1) is 0 Å². The molecule has 1 aromatic rings. The van der Waals surface area contributed by atoms with Gasteiger partial charge in [0.1, 0.15) is 0 Å². The Morgan fingerprint density at radius 1 is 1.30 bits per heavy atom. The molecular formula is C18H24N2O3. The summed E-state index contributed by atoms with van der Waals surface area (Å²) in [5, 5.41) is 2.83. The van der Waals surface area contributed by atoms with E-state index in [1.165, 1.54) is 30.3 Å². The van der Waals surface area contributed by atoms with Crippen molar-refractivity contribution in [1.29, 1.82) is 0 Å². The van der Waals surface area contributed by atoms with Crippen LogP contribution in [0.2, 0.25) is 0 Å². The van der Waals surface area contributed by atoms with E-state index in [4.69, 9.17) is 4.74 Å². The Morgan fingerprint density at radius 2 is 2.00 bits per heavy atom. The lowest BCUT2D eigenvalue weighted by molar-refractivity contribution is -0.150. The zero-order valence-corrected chi connectivity index (χ0v) is 14.0. The van der Waals surface area contributed by atoms with Crippen molar-refractivity contribution in [3.8, 4) is 0 Å². The standard InChI is InChI=1S/C18H24N2O3/c1-11-10-14(12(2)20(11)16-7-8-16)4-9-17(21)23-13(3)18(22)19-15-5-6-15/h4,9-10,13,15-16H,5-8H2,1-3H3,(H,19,22)/b9-4+/t13-/m1/s1. The minimum absolute atomic E-state index is 0.221. The number of carbonyl (C=O) groups excluding carboxylic acids is 2. The molecule has 0 aromatic carbocycles. The van der Waals surface area contributed by atoms with Crippen molar-refractivity contribution >= 4 is 18.0 Å². The van der Waals surface area contributed by atoms with Gasteiger partial charge in [-0.2, -0.15) is 0 Å². The van der Waals surface area contributed by atoms with Gasteiger partial charge in [-0.25, -0.2) is 4.79 Å². The highest BCUT2D eigenvalue weighted by Crippen LogP contribution is 2.38. The molecule has 1 atom stereocenters. The molecule has 5 heteroatoms. The summed E-state index contributed by atoms with van der Waals surface area (Å²) in [7, 11) is 0. The van der Waals surface area contributed by atoms with E-state index >= 15 is 0 Å². The van der Waals surface area contributed by atoms with Crippen LogP contribution in [0.5, 0.6) is 0 Å². The number of esters is 1. The Bertz CT molecular complexity index is 651. The lowest BCUT2D eigenvalue weighted by Crippen LogP contribution is -2.36. The lowest BCUT2D eigenvalue weighted by atomic mass is 10.2. The third kappa shape index (κ3) is 3.84. The Labute approximate surface area is 136 Å². The van der Waals surface area contributed by atoms with Gasteiger partial charge in [0.25, 0.3) is 5.91 Å². The first-order chi connectivity index (χ1) is 11.0. The summed E-state index contributed by atoms with van der Waals surface area (Å²) in [6.07, 6.45) is 6.91. The van der Waals surface area contributed by atoms with Crippen LogP contribution in [0.4, 0.5) is 0 Å². The van der Waals surface area contributed by atoms with Crippen LogP contribution in [0, 0.1) is 13.8 Å². The van der Waals surface area contributed by atoms with Crippen LogP contribution < -0.4 is 5.32 Å². The number of carbonyl (C=O) groups is 2. The van der Waals surface area contributed by atoms with Gasteiger partial charge in [-0.05, 0) is 64.2 Å². The molecule has 0 bridgehead atoms. The predicted molar refractivity (Wildman–Crippen MR) is 87.9 cm³/mol. The maximum atomic E-state index is 11.9. The Kier molecular flexibility index (Phi) is 4.28. The zero-order valence-electron chi connectivity index (χ0n) is 14.0. The third-order valence-corrected chi connectivity index (χ3v) is 4.42. The van der Waals surface area contributed by atoms with Crippen molar-refractivity contribution < 1.29 is 14.3 Å².